The first-order chi connectivity index (χ1) is 12.8. The minimum absolute atomic E-state index is 0.194. The van der Waals surface area contributed by atoms with Crippen molar-refractivity contribution in [2.45, 2.75) is 0 Å². The number of aromatic nitrogens is 5. The molecule has 7 heteroatoms. The largest absolute Gasteiger partial charge is 0.491 e. The molecule has 0 fully saturated rings. The van der Waals surface area contributed by atoms with Crippen LogP contribution in [0.3, 0.4) is 0 Å². The van der Waals surface area contributed by atoms with Gasteiger partial charge >= 0.3 is 0 Å². The number of methoxy groups -OCH3 is 1. The molecule has 0 saturated carbocycles. The number of para-hydroxylation sites is 1. The Morgan fingerprint density at radius 2 is 1.77 bits per heavy atom. The van der Waals surface area contributed by atoms with Crippen LogP contribution in [0.15, 0.2) is 78.1 Å². The van der Waals surface area contributed by atoms with Crippen LogP contribution >= 0.6 is 0 Å². The number of hydrogen-bond acceptors (Lipinski definition) is 5. The Morgan fingerprint density at radius 3 is 2.50 bits per heavy atom. The molecule has 4 rings (SSSR count). The van der Waals surface area contributed by atoms with Crippen LogP contribution in [-0.4, -0.2) is 31.7 Å². The Kier molecular flexibility index (Phi) is 4.03. The van der Waals surface area contributed by atoms with Crippen molar-refractivity contribution < 1.29 is 4.74 Å². The number of ether oxygens (including phenoxy) is 1. The highest BCUT2D eigenvalue weighted by atomic mass is 16.5. The van der Waals surface area contributed by atoms with Crippen molar-refractivity contribution in [3.05, 3.63) is 83.5 Å². The van der Waals surface area contributed by atoms with E-state index in [0.29, 0.717) is 5.69 Å². The van der Waals surface area contributed by atoms with E-state index >= 15 is 0 Å². The van der Waals surface area contributed by atoms with Crippen molar-refractivity contribution in [2.75, 3.05) is 7.11 Å². The topological polar surface area (TPSA) is 74.8 Å². The molecule has 0 amide bonds. The molecule has 0 radical (unpaired) electrons. The normalized spacial score (nSPS) is 10.7. The van der Waals surface area contributed by atoms with Gasteiger partial charge in [-0.2, -0.15) is 10.2 Å². The van der Waals surface area contributed by atoms with E-state index in [4.69, 9.17) is 4.74 Å². The summed E-state index contributed by atoms with van der Waals surface area (Å²) in [5.74, 6) is 0.194. The molecule has 0 spiro atoms. The lowest BCUT2D eigenvalue weighted by Crippen LogP contribution is -2.17. The monoisotopic (exact) mass is 345 g/mol. The van der Waals surface area contributed by atoms with E-state index in [9.17, 15) is 4.79 Å². The average Bonchev–Trinajstić information content (AvgIpc) is 3.19. The van der Waals surface area contributed by atoms with Gasteiger partial charge in [0.05, 0.1) is 42.8 Å². The van der Waals surface area contributed by atoms with Crippen molar-refractivity contribution >= 4 is 0 Å². The fourth-order valence-corrected chi connectivity index (χ4v) is 2.66. The average molecular weight is 345 g/mol. The van der Waals surface area contributed by atoms with E-state index in [-0.39, 0.29) is 16.9 Å². The Balaban J connectivity index is 1.93. The van der Waals surface area contributed by atoms with Gasteiger partial charge in [-0.05, 0) is 30.3 Å². The summed E-state index contributed by atoms with van der Waals surface area (Å²) >= 11 is 0. The summed E-state index contributed by atoms with van der Waals surface area (Å²) in [6.07, 6.45) is 6.52. The number of rotatable bonds is 4. The van der Waals surface area contributed by atoms with Crippen molar-refractivity contribution in [3.8, 4) is 28.5 Å². The summed E-state index contributed by atoms with van der Waals surface area (Å²) in [7, 11) is 1.46. The molecule has 3 heterocycles. The Labute approximate surface area is 149 Å². The molecule has 0 N–H and O–H groups in total. The fourth-order valence-electron chi connectivity index (χ4n) is 2.66. The van der Waals surface area contributed by atoms with E-state index < -0.39 is 0 Å². The quantitative estimate of drug-likeness (QED) is 0.568. The van der Waals surface area contributed by atoms with Gasteiger partial charge in [0, 0.05) is 6.20 Å². The number of nitrogens with zero attached hydrogens (tertiary/aromatic N) is 5. The second-order valence-corrected chi connectivity index (χ2v) is 5.49. The molecule has 3 aromatic heterocycles. The van der Waals surface area contributed by atoms with Gasteiger partial charge in [-0.25, -0.2) is 9.36 Å². The predicted molar refractivity (Wildman–Crippen MR) is 96.7 cm³/mol. The lowest BCUT2D eigenvalue weighted by atomic mass is 10.2. The van der Waals surface area contributed by atoms with Crippen LogP contribution in [0.5, 0.6) is 5.75 Å². The third-order valence-corrected chi connectivity index (χ3v) is 3.90. The molecule has 0 aliphatic heterocycles. The van der Waals surface area contributed by atoms with Crippen molar-refractivity contribution in [1.29, 1.82) is 0 Å². The van der Waals surface area contributed by atoms with Crippen LogP contribution in [-0.2, 0) is 0 Å². The van der Waals surface area contributed by atoms with Crippen LogP contribution in [0.1, 0.15) is 0 Å². The molecular formula is C19H15N5O2. The van der Waals surface area contributed by atoms with Crippen molar-refractivity contribution in [2.24, 2.45) is 0 Å². The van der Waals surface area contributed by atoms with Crippen LogP contribution < -0.4 is 10.2 Å². The number of pyridine rings is 1. The lowest BCUT2D eigenvalue weighted by molar-refractivity contribution is 0.405. The van der Waals surface area contributed by atoms with Crippen LogP contribution in [0.4, 0.5) is 0 Å². The van der Waals surface area contributed by atoms with Gasteiger partial charge < -0.3 is 4.74 Å². The van der Waals surface area contributed by atoms with E-state index in [1.165, 1.54) is 7.11 Å². The minimum atomic E-state index is -0.301. The zero-order valence-electron chi connectivity index (χ0n) is 14.0. The van der Waals surface area contributed by atoms with Gasteiger partial charge in [0.1, 0.15) is 0 Å². The zero-order valence-corrected chi connectivity index (χ0v) is 14.0. The summed E-state index contributed by atoms with van der Waals surface area (Å²) in [5, 5.41) is 8.84. The summed E-state index contributed by atoms with van der Waals surface area (Å²) in [6, 6.07) is 15.0. The van der Waals surface area contributed by atoms with Gasteiger partial charge in [0.15, 0.2) is 11.4 Å². The highest BCUT2D eigenvalue weighted by Gasteiger charge is 2.17. The van der Waals surface area contributed by atoms with Crippen molar-refractivity contribution in [3.63, 3.8) is 0 Å². The standard InChI is InChI=1S/C19H15N5O2/c1-26-17-13-23(15-8-5-10-20-12-15)22-18(19(17)25)16-9-11-21-24(16)14-6-3-2-4-7-14/h2-13H,1H3. The second-order valence-electron chi connectivity index (χ2n) is 5.49. The third-order valence-electron chi connectivity index (χ3n) is 3.90. The Morgan fingerprint density at radius 1 is 0.962 bits per heavy atom. The van der Waals surface area contributed by atoms with E-state index in [2.05, 4.69) is 15.2 Å². The van der Waals surface area contributed by atoms with E-state index in [0.717, 1.165) is 11.4 Å². The second kappa shape index (κ2) is 6.64. The van der Waals surface area contributed by atoms with Gasteiger partial charge in [0.25, 0.3) is 5.43 Å². The van der Waals surface area contributed by atoms with E-state index in [1.807, 2.05) is 36.4 Å². The summed E-state index contributed by atoms with van der Waals surface area (Å²) < 4.78 is 8.52. The van der Waals surface area contributed by atoms with Crippen LogP contribution in [0, 0.1) is 0 Å². The molecule has 0 saturated heterocycles. The molecule has 26 heavy (non-hydrogen) atoms. The maximum absolute atomic E-state index is 12.8. The Bertz CT molecular complexity index is 1090. The highest BCUT2D eigenvalue weighted by Crippen LogP contribution is 2.20. The first-order valence-corrected chi connectivity index (χ1v) is 7.96. The number of benzene rings is 1. The Hall–Kier alpha value is -3.74. The summed E-state index contributed by atoms with van der Waals surface area (Å²) in [4.78, 5) is 16.9. The minimum Gasteiger partial charge on any atom is -0.491 e. The van der Waals surface area contributed by atoms with Crippen LogP contribution in [0.25, 0.3) is 22.8 Å². The fraction of sp³-hybridized carbons (Fsp3) is 0.0526. The molecule has 1 aromatic carbocycles. The first kappa shape index (κ1) is 15.8. The molecule has 0 bridgehead atoms. The molecule has 0 aliphatic rings. The summed E-state index contributed by atoms with van der Waals surface area (Å²) in [6.45, 7) is 0. The first-order valence-electron chi connectivity index (χ1n) is 7.96. The lowest BCUT2D eigenvalue weighted by Gasteiger charge is -2.11. The zero-order chi connectivity index (χ0) is 17.9. The molecule has 0 unspecified atom stereocenters. The van der Waals surface area contributed by atoms with Gasteiger partial charge in [-0.3, -0.25) is 9.78 Å². The van der Waals surface area contributed by atoms with Crippen LogP contribution in [0.2, 0.25) is 0 Å². The van der Waals surface area contributed by atoms with Gasteiger partial charge in [-0.1, -0.05) is 18.2 Å². The SMILES string of the molecule is COc1cn(-c2cccnc2)nc(-c2ccnn2-c2ccccc2)c1=O. The van der Waals surface area contributed by atoms with Crippen molar-refractivity contribution in [1.82, 2.24) is 24.5 Å². The summed E-state index contributed by atoms with van der Waals surface area (Å²) in [5.41, 5.74) is 2.08. The van der Waals surface area contributed by atoms with Gasteiger partial charge in [0.2, 0.25) is 0 Å². The maximum Gasteiger partial charge on any atom is 0.251 e. The van der Waals surface area contributed by atoms with E-state index in [1.54, 1.807) is 46.3 Å². The third kappa shape index (κ3) is 2.75. The molecular weight excluding hydrogens is 330 g/mol. The predicted octanol–water partition coefficient (Wildman–Crippen LogP) is 2.49. The molecule has 7 nitrogen and oxygen atoms in total. The maximum atomic E-state index is 12.8. The number of hydrogen-bond donors (Lipinski definition) is 0. The molecule has 0 aliphatic carbocycles. The van der Waals surface area contributed by atoms with Gasteiger partial charge in [-0.15, -0.1) is 0 Å². The molecule has 0 atom stereocenters. The molecule has 4 aromatic rings. The highest BCUT2D eigenvalue weighted by molar-refractivity contribution is 5.59. The molecule has 128 valence electrons. The smallest absolute Gasteiger partial charge is 0.251 e.